The smallest absolute Gasteiger partial charge is 0.253 e. The molecule has 0 fully saturated rings. The molecule has 0 aromatic carbocycles. The van der Waals surface area contributed by atoms with Crippen molar-refractivity contribution < 1.29 is 4.79 Å². The van der Waals surface area contributed by atoms with Crippen LogP contribution in [0.4, 0.5) is 5.82 Å². The predicted molar refractivity (Wildman–Crippen MR) is 104 cm³/mol. The molecule has 0 aliphatic carbocycles. The second-order valence-corrected chi connectivity index (χ2v) is 7.82. The molecule has 26 heavy (non-hydrogen) atoms. The van der Waals surface area contributed by atoms with Crippen molar-refractivity contribution in [1.29, 1.82) is 0 Å². The SMILES string of the molecule is Cc1cc(C)n(-c2ccc(NCCNC(=O)c3cc(Cl)sc3Cl)nn2)n1. The Kier molecular flexibility index (Phi) is 5.75. The van der Waals surface area contributed by atoms with Crippen LogP contribution in [0.5, 0.6) is 0 Å². The fraction of sp³-hybridized carbons (Fsp3) is 0.250. The summed E-state index contributed by atoms with van der Waals surface area (Å²) in [6.07, 6.45) is 0. The van der Waals surface area contributed by atoms with Crippen LogP contribution in [0.1, 0.15) is 21.7 Å². The molecule has 3 rings (SSSR count). The second-order valence-electron chi connectivity index (χ2n) is 5.54. The first kappa shape index (κ1) is 18.6. The van der Waals surface area contributed by atoms with Gasteiger partial charge in [-0.25, -0.2) is 4.68 Å². The lowest BCUT2D eigenvalue weighted by Crippen LogP contribution is -2.28. The summed E-state index contributed by atoms with van der Waals surface area (Å²) in [4.78, 5) is 12.0. The van der Waals surface area contributed by atoms with Gasteiger partial charge in [0.15, 0.2) is 5.82 Å². The van der Waals surface area contributed by atoms with E-state index in [4.69, 9.17) is 23.2 Å². The molecule has 0 saturated carbocycles. The maximum Gasteiger partial charge on any atom is 0.253 e. The number of aryl methyl sites for hydroxylation is 2. The molecule has 1 amide bonds. The first-order valence-electron chi connectivity index (χ1n) is 7.78. The normalized spacial score (nSPS) is 10.8. The Balaban J connectivity index is 1.50. The summed E-state index contributed by atoms with van der Waals surface area (Å²) >= 11 is 13.0. The summed E-state index contributed by atoms with van der Waals surface area (Å²) in [7, 11) is 0. The molecule has 10 heteroatoms. The van der Waals surface area contributed by atoms with Crippen molar-refractivity contribution in [2.45, 2.75) is 13.8 Å². The van der Waals surface area contributed by atoms with Crippen LogP contribution in [0.25, 0.3) is 5.82 Å². The third kappa shape index (κ3) is 4.32. The van der Waals surface area contributed by atoms with Crippen LogP contribution in [0.2, 0.25) is 8.67 Å². The topological polar surface area (TPSA) is 84.7 Å². The lowest BCUT2D eigenvalue weighted by Gasteiger charge is -2.07. The van der Waals surface area contributed by atoms with Crippen LogP contribution in [0.15, 0.2) is 24.3 Å². The zero-order valence-electron chi connectivity index (χ0n) is 14.1. The predicted octanol–water partition coefficient (Wildman–Crippen LogP) is 3.49. The standard InChI is InChI=1S/C16H16Cl2N6OS/c1-9-7-10(2)24(23-9)14-4-3-13(21-22-14)19-5-6-20-16(25)11-8-12(17)26-15(11)18/h3-4,7-8H,5-6H2,1-2H3,(H,19,21)(H,20,25). The first-order valence-corrected chi connectivity index (χ1v) is 9.35. The summed E-state index contributed by atoms with van der Waals surface area (Å²) in [5.74, 6) is 1.01. The monoisotopic (exact) mass is 410 g/mol. The minimum Gasteiger partial charge on any atom is -0.367 e. The molecule has 136 valence electrons. The highest BCUT2D eigenvalue weighted by Gasteiger charge is 2.13. The van der Waals surface area contributed by atoms with Crippen molar-refractivity contribution in [3.63, 3.8) is 0 Å². The average Bonchev–Trinajstić information content (AvgIpc) is 3.12. The summed E-state index contributed by atoms with van der Waals surface area (Å²) in [6.45, 7) is 4.79. The third-order valence-corrected chi connectivity index (χ3v) is 4.98. The average molecular weight is 411 g/mol. The highest BCUT2D eigenvalue weighted by molar-refractivity contribution is 7.20. The van der Waals surface area contributed by atoms with Gasteiger partial charge in [0.25, 0.3) is 5.91 Å². The van der Waals surface area contributed by atoms with Gasteiger partial charge in [-0.05, 0) is 38.1 Å². The zero-order valence-corrected chi connectivity index (χ0v) is 16.4. The molecule has 0 spiro atoms. The minimum absolute atomic E-state index is 0.258. The molecule has 0 aliphatic heterocycles. The largest absolute Gasteiger partial charge is 0.367 e. The number of thiophene rings is 1. The number of amides is 1. The number of carbonyl (C=O) groups is 1. The van der Waals surface area contributed by atoms with Gasteiger partial charge in [-0.15, -0.1) is 21.5 Å². The molecule has 2 N–H and O–H groups in total. The Morgan fingerprint density at radius 3 is 2.58 bits per heavy atom. The Morgan fingerprint density at radius 2 is 2.00 bits per heavy atom. The van der Waals surface area contributed by atoms with Gasteiger partial charge in [0.05, 0.1) is 15.6 Å². The molecule has 0 saturated heterocycles. The van der Waals surface area contributed by atoms with E-state index < -0.39 is 0 Å². The Labute approximate surface area is 164 Å². The fourth-order valence-corrected chi connectivity index (χ4v) is 3.81. The van der Waals surface area contributed by atoms with Gasteiger partial charge in [0.2, 0.25) is 0 Å². The number of rotatable bonds is 6. The van der Waals surface area contributed by atoms with Crippen molar-refractivity contribution in [3.8, 4) is 5.82 Å². The molecule has 0 aliphatic rings. The summed E-state index contributed by atoms with van der Waals surface area (Å²) < 4.78 is 2.60. The summed E-state index contributed by atoms with van der Waals surface area (Å²) in [5, 5.41) is 18.5. The number of carbonyl (C=O) groups excluding carboxylic acids is 1. The van der Waals surface area contributed by atoms with Gasteiger partial charge in [0.1, 0.15) is 10.2 Å². The van der Waals surface area contributed by atoms with E-state index in [-0.39, 0.29) is 5.91 Å². The number of nitrogens with zero attached hydrogens (tertiary/aromatic N) is 4. The summed E-state index contributed by atoms with van der Waals surface area (Å²) in [6, 6.07) is 7.18. The van der Waals surface area contributed by atoms with E-state index in [1.54, 1.807) is 10.7 Å². The van der Waals surface area contributed by atoms with Crippen LogP contribution in [-0.2, 0) is 0 Å². The Morgan fingerprint density at radius 1 is 1.19 bits per heavy atom. The number of anilines is 1. The highest BCUT2D eigenvalue weighted by Crippen LogP contribution is 2.30. The van der Waals surface area contributed by atoms with E-state index in [0.717, 1.165) is 22.7 Å². The van der Waals surface area contributed by atoms with Crippen LogP contribution < -0.4 is 10.6 Å². The van der Waals surface area contributed by atoms with Crippen molar-refractivity contribution in [3.05, 3.63) is 49.9 Å². The van der Waals surface area contributed by atoms with E-state index in [1.165, 1.54) is 0 Å². The zero-order chi connectivity index (χ0) is 18.7. The second kappa shape index (κ2) is 8.03. The van der Waals surface area contributed by atoms with Crippen LogP contribution >= 0.6 is 34.5 Å². The molecular formula is C16H16Cl2N6OS. The Hall–Kier alpha value is -2.16. The van der Waals surface area contributed by atoms with Crippen LogP contribution in [-0.4, -0.2) is 39.0 Å². The molecule has 3 heterocycles. The number of nitrogens with one attached hydrogen (secondary N) is 2. The molecule has 3 aromatic rings. The number of hydrogen-bond acceptors (Lipinski definition) is 6. The molecule has 0 unspecified atom stereocenters. The third-order valence-electron chi connectivity index (χ3n) is 3.50. The number of halogens is 2. The molecule has 0 radical (unpaired) electrons. The molecular weight excluding hydrogens is 395 g/mol. The van der Waals surface area contributed by atoms with Crippen LogP contribution in [0, 0.1) is 13.8 Å². The Bertz CT molecular complexity index is 921. The fourth-order valence-electron chi connectivity index (χ4n) is 2.35. The molecule has 0 bridgehead atoms. The maximum atomic E-state index is 12.0. The van der Waals surface area contributed by atoms with Crippen molar-refractivity contribution >= 4 is 46.3 Å². The van der Waals surface area contributed by atoms with E-state index >= 15 is 0 Å². The van der Waals surface area contributed by atoms with Gasteiger partial charge >= 0.3 is 0 Å². The van der Waals surface area contributed by atoms with Gasteiger partial charge in [-0.2, -0.15) is 5.10 Å². The maximum absolute atomic E-state index is 12.0. The van der Waals surface area contributed by atoms with Gasteiger partial charge in [0, 0.05) is 18.8 Å². The van der Waals surface area contributed by atoms with Gasteiger partial charge in [-0.3, -0.25) is 4.79 Å². The quantitative estimate of drug-likeness (QED) is 0.607. The molecule has 7 nitrogen and oxygen atoms in total. The first-order chi connectivity index (χ1) is 12.4. The van der Waals surface area contributed by atoms with Crippen LogP contribution in [0.3, 0.4) is 0 Å². The number of aromatic nitrogens is 4. The van der Waals surface area contributed by atoms with Gasteiger partial charge in [-0.1, -0.05) is 23.2 Å². The van der Waals surface area contributed by atoms with E-state index in [9.17, 15) is 4.79 Å². The van der Waals surface area contributed by atoms with E-state index in [2.05, 4.69) is 25.9 Å². The van der Waals surface area contributed by atoms with E-state index in [0.29, 0.717) is 39.0 Å². The molecule has 3 aromatic heterocycles. The summed E-state index contributed by atoms with van der Waals surface area (Å²) in [5.41, 5.74) is 2.30. The van der Waals surface area contributed by atoms with Crippen molar-refractivity contribution in [2.24, 2.45) is 0 Å². The minimum atomic E-state index is -0.258. The number of hydrogen-bond donors (Lipinski definition) is 2. The molecule has 0 atom stereocenters. The lowest BCUT2D eigenvalue weighted by molar-refractivity contribution is 0.0956. The van der Waals surface area contributed by atoms with Crippen molar-refractivity contribution in [2.75, 3.05) is 18.4 Å². The highest BCUT2D eigenvalue weighted by atomic mass is 35.5. The lowest BCUT2D eigenvalue weighted by atomic mass is 10.3. The van der Waals surface area contributed by atoms with Gasteiger partial charge < -0.3 is 10.6 Å². The van der Waals surface area contributed by atoms with E-state index in [1.807, 2.05) is 32.0 Å². The van der Waals surface area contributed by atoms with Crippen molar-refractivity contribution in [1.82, 2.24) is 25.3 Å².